The highest BCUT2D eigenvalue weighted by molar-refractivity contribution is 8.01. The van der Waals surface area contributed by atoms with Gasteiger partial charge in [-0.05, 0) is 13.8 Å². The lowest BCUT2D eigenvalue weighted by atomic mass is 10.1. The van der Waals surface area contributed by atoms with Gasteiger partial charge >= 0.3 is 5.97 Å². The van der Waals surface area contributed by atoms with Crippen molar-refractivity contribution < 1.29 is 18.7 Å². The molecule has 3 N–H and O–H groups in total. The summed E-state index contributed by atoms with van der Waals surface area (Å²) in [5.41, 5.74) is 5.19. The van der Waals surface area contributed by atoms with E-state index < -0.39 is 22.5 Å². The van der Waals surface area contributed by atoms with Crippen LogP contribution in [0.2, 0.25) is 0 Å². The molecule has 0 spiro atoms. The molecule has 6 heteroatoms. The highest BCUT2D eigenvalue weighted by Gasteiger charge is 2.35. The quantitative estimate of drug-likeness (QED) is 0.712. The summed E-state index contributed by atoms with van der Waals surface area (Å²) < 4.78 is 22.6. The second kappa shape index (κ2) is 4.04. The standard InChI is InChI=1S/C6H11F2NO2S/c1-6(2,12-5(7)8)3(9)4(10)11/h3,5H,9H2,1-2H3,(H,10,11)/t3-/m0/s1. The Balaban J connectivity index is 4.28. The summed E-state index contributed by atoms with van der Waals surface area (Å²) in [5.74, 6) is -3.88. The van der Waals surface area contributed by atoms with Crippen LogP contribution in [-0.2, 0) is 4.79 Å². The zero-order valence-corrected chi connectivity index (χ0v) is 7.57. The maximum Gasteiger partial charge on any atom is 0.321 e. The molecule has 3 nitrogen and oxygen atoms in total. The summed E-state index contributed by atoms with van der Waals surface area (Å²) in [5, 5.41) is 8.45. The van der Waals surface area contributed by atoms with Crippen LogP contribution >= 0.6 is 11.8 Å². The number of carboxylic acids is 1. The first kappa shape index (κ1) is 11.6. The van der Waals surface area contributed by atoms with Crippen LogP contribution in [0.4, 0.5) is 8.78 Å². The van der Waals surface area contributed by atoms with Gasteiger partial charge in [-0.15, -0.1) is 0 Å². The maximum absolute atomic E-state index is 11.9. The number of thioether (sulfide) groups is 1. The van der Waals surface area contributed by atoms with Crippen molar-refractivity contribution in [2.45, 2.75) is 30.4 Å². The highest BCUT2D eigenvalue weighted by Crippen LogP contribution is 2.32. The van der Waals surface area contributed by atoms with Crippen LogP contribution in [0.1, 0.15) is 13.8 Å². The highest BCUT2D eigenvalue weighted by atomic mass is 32.2. The van der Waals surface area contributed by atoms with Crippen molar-refractivity contribution >= 4 is 17.7 Å². The smallest absolute Gasteiger partial charge is 0.321 e. The van der Waals surface area contributed by atoms with E-state index in [1.165, 1.54) is 13.8 Å². The van der Waals surface area contributed by atoms with E-state index >= 15 is 0 Å². The minimum absolute atomic E-state index is 0.254. The fourth-order valence-electron chi connectivity index (χ4n) is 0.600. The lowest BCUT2D eigenvalue weighted by Gasteiger charge is -2.27. The fraction of sp³-hybridized carbons (Fsp3) is 0.833. The summed E-state index contributed by atoms with van der Waals surface area (Å²) in [4.78, 5) is 10.3. The number of carboxylic acid groups (broad SMARTS) is 1. The molecule has 0 heterocycles. The summed E-state index contributed by atoms with van der Waals surface area (Å²) in [6.45, 7) is 2.76. The Labute approximate surface area is 73.3 Å². The fourth-order valence-corrected chi connectivity index (χ4v) is 1.31. The number of alkyl halides is 2. The minimum atomic E-state index is -2.61. The normalized spacial score (nSPS) is 14.8. The maximum atomic E-state index is 11.9. The van der Waals surface area contributed by atoms with Crippen LogP contribution in [0.5, 0.6) is 0 Å². The first-order valence-corrected chi connectivity index (χ1v) is 4.09. The van der Waals surface area contributed by atoms with Crippen molar-refractivity contribution in [3.05, 3.63) is 0 Å². The van der Waals surface area contributed by atoms with Gasteiger partial charge in [0.2, 0.25) is 0 Å². The van der Waals surface area contributed by atoms with Gasteiger partial charge in [0, 0.05) is 4.75 Å². The van der Waals surface area contributed by atoms with Gasteiger partial charge in [0.25, 0.3) is 5.76 Å². The molecule has 0 unspecified atom stereocenters. The zero-order valence-electron chi connectivity index (χ0n) is 6.75. The molecule has 0 amide bonds. The summed E-state index contributed by atoms with van der Waals surface area (Å²) in [6, 6.07) is -1.28. The average molecular weight is 199 g/mol. The topological polar surface area (TPSA) is 63.3 Å². The van der Waals surface area contributed by atoms with E-state index in [-0.39, 0.29) is 11.8 Å². The number of hydrogen-bond donors (Lipinski definition) is 2. The molecular formula is C6H11F2NO2S. The number of rotatable bonds is 4. The zero-order chi connectivity index (χ0) is 9.94. The average Bonchev–Trinajstić information content (AvgIpc) is 1.82. The third-order valence-electron chi connectivity index (χ3n) is 1.41. The van der Waals surface area contributed by atoms with E-state index in [2.05, 4.69) is 0 Å². The molecule has 1 atom stereocenters. The number of halogens is 2. The van der Waals surface area contributed by atoms with E-state index in [1.54, 1.807) is 0 Å². The monoisotopic (exact) mass is 199 g/mol. The van der Waals surface area contributed by atoms with Crippen LogP contribution in [0, 0.1) is 0 Å². The second-order valence-electron chi connectivity index (χ2n) is 2.80. The van der Waals surface area contributed by atoms with Gasteiger partial charge in [0.15, 0.2) is 0 Å². The van der Waals surface area contributed by atoms with Gasteiger partial charge in [-0.1, -0.05) is 11.8 Å². The number of carbonyl (C=O) groups is 1. The molecule has 0 aliphatic rings. The molecule has 0 bridgehead atoms. The third kappa shape index (κ3) is 3.36. The largest absolute Gasteiger partial charge is 0.480 e. The van der Waals surface area contributed by atoms with Crippen LogP contribution in [0.15, 0.2) is 0 Å². The lowest BCUT2D eigenvalue weighted by molar-refractivity contribution is -0.139. The lowest BCUT2D eigenvalue weighted by Crippen LogP contribution is -2.47. The molecule has 0 fully saturated rings. The van der Waals surface area contributed by atoms with Crippen molar-refractivity contribution in [1.29, 1.82) is 0 Å². The Kier molecular flexibility index (Phi) is 3.92. The van der Waals surface area contributed by atoms with Gasteiger partial charge < -0.3 is 10.8 Å². The first-order valence-electron chi connectivity index (χ1n) is 3.21. The van der Waals surface area contributed by atoms with E-state index in [0.29, 0.717) is 0 Å². The Bertz CT molecular complexity index is 175. The number of nitrogens with two attached hydrogens (primary N) is 1. The summed E-state index contributed by atoms with van der Waals surface area (Å²) >= 11 is 0.254. The molecule has 0 aliphatic carbocycles. The van der Waals surface area contributed by atoms with Crippen LogP contribution in [-0.4, -0.2) is 27.6 Å². The Morgan fingerprint density at radius 3 is 2.25 bits per heavy atom. The van der Waals surface area contributed by atoms with Crippen LogP contribution in [0.25, 0.3) is 0 Å². The first-order chi connectivity index (χ1) is 5.27. The van der Waals surface area contributed by atoms with E-state index in [0.717, 1.165) is 0 Å². The van der Waals surface area contributed by atoms with E-state index in [9.17, 15) is 13.6 Å². The van der Waals surface area contributed by atoms with Crippen molar-refractivity contribution in [3.63, 3.8) is 0 Å². The summed E-state index contributed by atoms with van der Waals surface area (Å²) in [6.07, 6.45) is 0. The molecule has 0 rings (SSSR count). The Hall–Kier alpha value is -0.360. The van der Waals surface area contributed by atoms with E-state index in [4.69, 9.17) is 10.8 Å². The molecular weight excluding hydrogens is 188 g/mol. The molecule has 0 aromatic carbocycles. The van der Waals surface area contributed by atoms with Crippen molar-refractivity contribution in [2.24, 2.45) is 5.73 Å². The molecule has 0 aliphatic heterocycles. The molecule has 12 heavy (non-hydrogen) atoms. The molecule has 72 valence electrons. The number of hydrogen-bond acceptors (Lipinski definition) is 3. The van der Waals surface area contributed by atoms with Crippen molar-refractivity contribution in [3.8, 4) is 0 Å². The SMILES string of the molecule is CC(C)(SC(F)F)[C@@H](N)C(=O)O. The Morgan fingerprint density at radius 1 is 1.58 bits per heavy atom. The van der Waals surface area contributed by atoms with Crippen molar-refractivity contribution in [2.75, 3.05) is 0 Å². The minimum Gasteiger partial charge on any atom is -0.480 e. The van der Waals surface area contributed by atoms with Gasteiger partial charge in [-0.25, -0.2) is 0 Å². The molecule has 0 saturated heterocycles. The van der Waals surface area contributed by atoms with Crippen LogP contribution < -0.4 is 5.73 Å². The molecule has 0 saturated carbocycles. The third-order valence-corrected chi connectivity index (χ3v) is 2.45. The Morgan fingerprint density at radius 2 is 2.00 bits per heavy atom. The van der Waals surface area contributed by atoms with Gasteiger partial charge in [0.05, 0.1) is 0 Å². The molecule has 0 radical (unpaired) electrons. The van der Waals surface area contributed by atoms with Gasteiger partial charge in [0.1, 0.15) is 6.04 Å². The summed E-state index contributed by atoms with van der Waals surface area (Å²) in [7, 11) is 0. The van der Waals surface area contributed by atoms with Crippen molar-refractivity contribution in [1.82, 2.24) is 0 Å². The predicted molar refractivity (Wildman–Crippen MR) is 43.3 cm³/mol. The number of aliphatic carboxylic acids is 1. The second-order valence-corrected chi connectivity index (χ2v) is 4.44. The predicted octanol–water partition coefficient (Wildman–Crippen LogP) is 1.13. The molecule has 0 aromatic rings. The molecule has 0 aromatic heterocycles. The van der Waals surface area contributed by atoms with Crippen LogP contribution in [0.3, 0.4) is 0 Å². The van der Waals surface area contributed by atoms with Gasteiger partial charge in [-0.3, -0.25) is 4.79 Å². The van der Waals surface area contributed by atoms with Gasteiger partial charge in [-0.2, -0.15) is 8.78 Å². The van der Waals surface area contributed by atoms with E-state index in [1.807, 2.05) is 0 Å².